The second-order valence-corrected chi connectivity index (χ2v) is 11.3. The molecule has 0 N–H and O–H groups in total. The number of hydrogen-bond donors (Lipinski definition) is 0. The van der Waals surface area contributed by atoms with E-state index >= 15 is 0 Å². The monoisotopic (exact) mass is 402 g/mol. The number of rotatable bonds is 1. The van der Waals surface area contributed by atoms with E-state index in [2.05, 4.69) is 66.1 Å². The van der Waals surface area contributed by atoms with Gasteiger partial charge in [-0.3, -0.25) is 0 Å². The molecule has 150 valence electrons. The molecule has 1 spiro atoms. The Bertz CT molecular complexity index is 1110. The summed E-state index contributed by atoms with van der Waals surface area (Å²) in [5, 5.41) is 2.29. The number of fused-ring (bicyclic) bond motifs is 3. The van der Waals surface area contributed by atoms with Crippen molar-refractivity contribution in [3.05, 3.63) is 52.5 Å². The minimum absolute atomic E-state index is 0.196. The average Bonchev–Trinajstić information content (AvgIpc) is 3.34. The van der Waals surface area contributed by atoms with E-state index in [0.717, 1.165) is 23.7 Å². The summed E-state index contributed by atoms with van der Waals surface area (Å²) in [5.41, 5.74) is 7.90. The van der Waals surface area contributed by atoms with Crippen LogP contribution in [0.2, 0.25) is 0 Å². The molecule has 0 saturated heterocycles. The zero-order chi connectivity index (χ0) is 19.5. The van der Waals surface area contributed by atoms with Crippen molar-refractivity contribution in [3.63, 3.8) is 0 Å². The lowest BCUT2D eigenvalue weighted by atomic mass is 9.47. The largest absolute Gasteiger partial charge is 0.353 e. The second-order valence-electron chi connectivity index (χ2n) is 10.4. The van der Waals surface area contributed by atoms with Crippen LogP contribution in [-0.2, 0) is 12.6 Å². The maximum Gasteiger partial charge on any atom is 0.0870 e. The fraction of sp³-hybridized carbons (Fsp3) is 0.538. The van der Waals surface area contributed by atoms with Gasteiger partial charge >= 0.3 is 0 Å². The first-order chi connectivity index (χ1) is 14.1. The highest BCUT2D eigenvalue weighted by atomic mass is 32.1. The maximum atomic E-state index is 2.93. The minimum atomic E-state index is 0.196. The van der Waals surface area contributed by atoms with E-state index in [9.17, 15) is 0 Å². The summed E-state index contributed by atoms with van der Waals surface area (Å²) >= 11 is 1.96. The topological polar surface area (TPSA) is 8.17 Å². The molecule has 5 aliphatic rings. The highest BCUT2D eigenvalue weighted by Crippen LogP contribution is 2.69. The molecule has 2 nitrogen and oxygen atoms in total. The summed E-state index contributed by atoms with van der Waals surface area (Å²) in [7, 11) is 2.36. The van der Waals surface area contributed by atoms with Crippen LogP contribution in [0.15, 0.2) is 35.7 Å². The van der Waals surface area contributed by atoms with Crippen LogP contribution >= 0.6 is 11.3 Å². The van der Waals surface area contributed by atoms with Gasteiger partial charge in [0, 0.05) is 18.3 Å². The van der Waals surface area contributed by atoms with E-state index < -0.39 is 0 Å². The van der Waals surface area contributed by atoms with Gasteiger partial charge in [-0.1, -0.05) is 18.2 Å². The summed E-state index contributed by atoms with van der Waals surface area (Å²) in [6.07, 6.45) is 7.29. The molecule has 3 heteroatoms. The van der Waals surface area contributed by atoms with Gasteiger partial charge < -0.3 is 9.47 Å². The lowest BCUT2D eigenvalue weighted by molar-refractivity contribution is -0.0629. The van der Waals surface area contributed by atoms with E-state index in [-0.39, 0.29) is 5.54 Å². The first-order valence-electron chi connectivity index (χ1n) is 11.5. The van der Waals surface area contributed by atoms with Crippen LogP contribution in [-0.4, -0.2) is 4.57 Å². The molecule has 0 unspecified atom stereocenters. The number of anilines is 1. The number of aromatic nitrogens is 1. The van der Waals surface area contributed by atoms with Crippen molar-refractivity contribution < 1.29 is 0 Å². The number of benzene rings is 1. The van der Waals surface area contributed by atoms with Gasteiger partial charge in [-0.25, -0.2) is 0 Å². The van der Waals surface area contributed by atoms with E-state index in [1.165, 1.54) is 48.9 Å². The third-order valence-corrected chi connectivity index (χ3v) is 10.1. The van der Waals surface area contributed by atoms with Crippen LogP contribution in [0.1, 0.15) is 61.9 Å². The predicted octanol–water partition coefficient (Wildman–Crippen LogP) is 6.78. The molecule has 8 rings (SSSR count). The van der Waals surface area contributed by atoms with Crippen LogP contribution < -0.4 is 4.90 Å². The summed E-state index contributed by atoms with van der Waals surface area (Å²) in [6, 6.07) is 12.0. The molecule has 0 radical (unpaired) electrons. The number of thiophene rings is 1. The van der Waals surface area contributed by atoms with Gasteiger partial charge in [0.15, 0.2) is 0 Å². The van der Waals surface area contributed by atoms with Gasteiger partial charge in [0.25, 0.3) is 0 Å². The Morgan fingerprint density at radius 2 is 1.66 bits per heavy atom. The Morgan fingerprint density at radius 1 is 0.966 bits per heavy atom. The third-order valence-electron chi connectivity index (χ3n) is 9.18. The molecule has 4 aliphatic carbocycles. The zero-order valence-electron chi connectivity index (χ0n) is 17.7. The number of para-hydroxylation sites is 1. The van der Waals surface area contributed by atoms with Crippen LogP contribution in [0.3, 0.4) is 0 Å². The van der Waals surface area contributed by atoms with Gasteiger partial charge in [-0.2, -0.15) is 0 Å². The van der Waals surface area contributed by atoms with Crippen molar-refractivity contribution in [1.82, 2.24) is 4.57 Å². The Hall–Kier alpha value is -1.74. The molecule has 2 aromatic heterocycles. The number of aryl methyl sites for hydroxylation is 2. The molecule has 1 aromatic carbocycles. The number of nitrogens with zero attached hydrogens (tertiary/aromatic N) is 2. The summed E-state index contributed by atoms with van der Waals surface area (Å²) in [6.45, 7) is 4.81. The van der Waals surface area contributed by atoms with Gasteiger partial charge in [-0.05, 0) is 92.7 Å². The van der Waals surface area contributed by atoms with Crippen LogP contribution in [0.25, 0.3) is 10.2 Å². The molecule has 4 bridgehead atoms. The van der Waals surface area contributed by atoms with E-state index in [0.29, 0.717) is 6.04 Å². The third kappa shape index (κ3) is 1.86. The Labute approximate surface area is 177 Å². The lowest BCUT2D eigenvalue weighted by Crippen LogP contribution is -2.62. The van der Waals surface area contributed by atoms with Crippen molar-refractivity contribution in [3.8, 4) is 0 Å². The Balaban J connectivity index is 1.56. The van der Waals surface area contributed by atoms with Gasteiger partial charge in [0.1, 0.15) is 0 Å². The highest BCUT2D eigenvalue weighted by molar-refractivity contribution is 7.17. The molecule has 3 heterocycles. The molecule has 4 fully saturated rings. The minimum Gasteiger partial charge on any atom is -0.353 e. The quantitative estimate of drug-likeness (QED) is 0.435. The lowest BCUT2D eigenvalue weighted by Gasteiger charge is -2.64. The first-order valence-corrected chi connectivity index (χ1v) is 12.4. The second kappa shape index (κ2) is 5.49. The standard InChI is InChI=1S/C26H30N2S/c1-15-6-4-5-7-21(15)28-16(2)23-24-22(8-9-29-24)27(3)25(23)26(28)19-11-17-10-18(13-19)14-20(26)12-17/h4-9,16-20H,10-14H2,1-3H3/t16-,17?,18?,19?,20?,26?/m0/s1. The normalized spacial score (nSPS) is 37.2. The van der Waals surface area contributed by atoms with Gasteiger partial charge in [0.05, 0.1) is 27.5 Å². The van der Waals surface area contributed by atoms with Crippen LogP contribution in [0, 0.1) is 30.6 Å². The van der Waals surface area contributed by atoms with Crippen LogP contribution in [0.4, 0.5) is 5.69 Å². The zero-order valence-corrected chi connectivity index (χ0v) is 18.5. The van der Waals surface area contributed by atoms with Crippen molar-refractivity contribution in [2.24, 2.45) is 30.7 Å². The van der Waals surface area contributed by atoms with E-state index in [4.69, 9.17) is 0 Å². The summed E-state index contributed by atoms with van der Waals surface area (Å²) in [4.78, 5) is 2.93. The van der Waals surface area contributed by atoms with E-state index in [1.807, 2.05) is 11.3 Å². The molecule has 1 aliphatic heterocycles. The van der Waals surface area contributed by atoms with Crippen LogP contribution in [0.5, 0.6) is 0 Å². The van der Waals surface area contributed by atoms with Crippen molar-refractivity contribution in [2.75, 3.05) is 4.90 Å². The van der Waals surface area contributed by atoms with Crippen molar-refractivity contribution in [2.45, 2.75) is 57.5 Å². The predicted molar refractivity (Wildman–Crippen MR) is 122 cm³/mol. The average molecular weight is 403 g/mol. The van der Waals surface area contributed by atoms with Gasteiger partial charge in [-0.15, -0.1) is 11.3 Å². The fourth-order valence-electron chi connectivity index (χ4n) is 8.54. The van der Waals surface area contributed by atoms with Crippen molar-refractivity contribution >= 4 is 27.2 Å². The molecule has 3 aromatic rings. The molecule has 4 saturated carbocycles. The molecule has 29 heavy (non-hydrogen) atoms. The first kappa shape index (κ1) is 17.0. The molecular formula is C26H30N2S. The number of hydrogen-bond acceptors (Lipinski definition) is 2. The SMILES string of the molecule is Cc1ccccc1N1[C@@H](C)c2c(n(C)c3ccsc23)C12C1CC3CC(C1)CC2C3. The van der Waals surface area contributed by atoms with E-state index in [1.54, 1.807) is 16.0 Å². The summed E-state index contributed by atoms with van der Waals surface area (Å²) in [5.74, 6) is 3.60. The maximum absolute atomic E-state index is 2.93. The van der Waals surface area contributed by atoms with Crippen molar-refractivity contribution in [1.29, 1.82) is 0 Å². The molecular weight excluding hydrogens is 372 g/mol. The van der Waals surface area contributed by atoms with Gasteiger partial charge in [0.2, 0.25) is 0 Å². The molecule has 0 amide bonds. The highest BCUT2D eigenvalue weighted by Gasteiger charge is 2.66. The summed E-state index contributed by atoms with van der Waals surface area (Å²) < 4.78 is 4.15. The fourth-order valence-corrected chi connectivity index (χ4v) is 9.59. The Morgan fingerprint density at radius 3 is 2.34 bits per heavy atom. The Kier molecular flexibility index (Phi) is 3.22. The molecule has 1 atom stereocenters. The smallest absolute Gasteiger partial charge is 0.0870 e.